The quantitative estimate of drug-likeness (QED) is 0.253. The van der Waals surface area contributed by atoms with Gasteiger partial charge in [-0.05, 0) is 46.5 Å². The molecule has 4 rings (SSSR count). The van der Waals surface area contributed by atoms with Gasteiger partial charge in [0.05, 0.1) is 13.7 Å². The van der Waals surface area contributed by atoms with E-state index >= 15 is 0 Å². The van der Waals surface area contributed by atoms with Gasteiger partial charge in [0.1, 0.15) is 28.7 Å². The summed E-state index contributed by atoms with van der Waals surface area (Å²) >= 11 is 1.58. The zero-order valence-electron chi connectivity index (χ0n) is 18.4. The fraction of sp³-hybridized carbons (Fsp3) is 0.222. The highest BCUT2D eigenvalue weighted by atomic mass is 32.1. The Balaban J connectivity index is 1.66. The van der Waals surface area contributed by atoms with E-state index in [0.29, 0.717) is 25.4 Å². The molecule has 0 saturated carbocycles. The van der Waals surface area contributed by atoms with Gasteiger partial charge in [-0.2, -0.15) is 0 Å². The van der Waals surface area contributed by atoms with E-state index in [1.165, 1.54) is 10.8 Å². The molecule has 4 nitrogen and oxygen atoms in total. The van der Waals surface area contributed by atoms with Crippen LogP contribution in [-0.2, 0) is 16.9 Å². The van der Waals surface area contributed by atoms with Gasteiger partial charge < -0.3 is 14.2 Å². The minimum atomic E-state index is -0.696. The molecule has 0 aliphatic rings. The molecular weight excluding hydrogens is 418 g/mol. The van der Waals surface area contributed by atoms with Gasteiger partial charge in [-0.1, -0.05) is 49.4 Å². The Morgan fingerprint density at radius 2 is 1.84 bits per heavy atom. The lowest BCUT2D eigenvalue weighted by Gasteiger charge is -2.32. The number of methoxy groups -OCH3 is 1. The maximum Gasteiger partial charge on any atom is 0.145 e. The van der Waals surface area contributed by atoms with Gasteiger partial charge in [-0.15, -0.1) is 17.9 Å². The second-order valence-corrected chi connectivity index (χ2v) is 8.38. The summed E-state index contributed by atoms with van der Waals surface area (Å²) in [6, 6.07) is 20.6. The fourth-order valence-corrected chi connectivity index (χ4v) is 4.74. The van der Waals surface area contributed by atoms with Crippen molar-refractivity contribution >= 4 is 22.1 Å². The first kappa shape index (κ1) is 22.1. The average molecular weight is 446 g/mol. The predicted molar refractivity (Wildman–Crippen MR) is 131 cm³/mol. The molecule has 0 spiro atoms. The van der Waals surface area contributed by atoms with Crippen molar-refractivity contribution in [3.8, 4) is 11.5 Å². The highest BCUT2D eigenvalue weighted by Crippen LogP contribution is 2.41. The lowest BCUT2D eigenvalue weighted by Crippen LogP contribution is -2.30. The number of nitrogens with zero attached hydrogens (tertiary/aromatic N) is 1. The number of ether oxygens (including phenoxy) is 3. The first-order valence-corrected chi connectivity index (χ1v) is 11.5. The van der Waals surface area contributed by atoms with Crippen molar-refractivity contribution in [3.63, 3.8) is 0 Å². The predicted octanol–water partition coefficient (Wildman–Crippen LogP) is 6.74. The zero-order valence-corrected chi connectivity index (χ0v) is 19.2. The summed E-state index contributed by atoms with van der Waals surface area (Å²) in [5.41, 5.74) is 1.36. The lowest BCUT2D eigenvalue weighted by atomic mass is 9.90. The molecule has 4 aromatic rings. The van der Waals surface area contributed by atoms with Crippen LogP contribution in [0.25, 0.3) is 10.8 Å². The normalized spacial score (nSPS) is 12.9. The summed E-state index contributed by atoms with van der Waals surface area (Å²) < 4.78 is 18.1. The van der Waals surface area contributed by atoms with Crippen molar-refractivity contribution in [2.45, 2.75) is 25.6 Å². The van der Waals surface area contributed by atoms with Crippen molar-refractivity contribution in [1.29, 1.82) is 0 Å². The maximum absolute atomic E-state index is 6.34. The van der Waals surface area contributed by atoms with E-state index in [1.807, 2.05) is 35.7 Å². The van der Waals surface area contributed by atoms with Gasteiger partial charge in [0, 0.05) is 17.6 Å². The SMILES string of the molecule is C=CCOC(CC)(c1cc(OC)cc(OCc2ccc3ccccc3c2)c1)c1nccs1. The van der Waals surface area contributed by atoms with Crippen LogP contribution >= 0.6 is 11.3 Å². The molecule has 0 amide bonds. The van der Waals surface area contributed by atoms with Gasteiger partial charge in [0.25, 0.3) is 0 Å². The van der Waals surface area contributed by atoms with E-state index in [0.717, 1.165) is 21.9 Å². The molecule has 1 aromatic heterocycles. The van der Waals surface area contributed by atoms with E-state index in [4.69, 9.17) is 14.2 Å². The van der Waals surface area contributed by atoms with Gasteiger partial charge in [-0.3, -0.25) is 0 Å². The van der Waals surface area contributed by atoms with Crippen LogP contribution in [0.5, 0.6) is 11.5 Å². The standard InChI is InChI=1S/C27H27NO3S/c1-4-13-31-27(5-2,26-28-12-14-32-26)23-16-24(29-3)18-25(17-23)30-19-20-10-11-21-8-6-7-9-22(21)15-20/h4,6-12,14-18H,1,5,13,19H2,2-3H3. The van der Waals surface area contributed by atoms with Gasteiger partial charge in [-0.25, -0.2) is 4.98 Å². The van der Waals surface area contributed by atoms with Crippen molar-refractivity contribution in [1.82, 2.24) is 4.98 Å². The van der Waals surface area contributed by atoms with E-state index in [2.05, 4.69) is 48.8 Å². The van der Waals surface area contributed by atoms with Crippen LogP contribution in [0.15, 0.2) is 84.9 Å². The molecule has 0 aliphatic heterocycles. The Hall–Kier alpha value is -3.15. The highest BCUT2D eigenvalue weighted by Gasteiger charge is 2.37. The maximum atomic E-state index is 6.34. The molecule has 1 atom stereocenters. The van der Waals surface area contributed by atoms with Crippen LogP contribution in [0.1, 0.15) is 29.5 Å². The first-order valence-electron chi connectivity index (χ1n) is 10.6. The molecule has 164 valence electrons. The second kappa shape index (κ2) is 9.98. The molecule has 3 aromatic carbocycles. The van der Waals surface area contributed by atoms with Crippen LogP contribution < -0.4 is 9.47 Å². The van der Waals surface area contributed by atoms with Crippen molar-refractivity contribution in [3.05, 3.63) is 101 Å². The highest BCUT2D eigenvalue weighted by molar-refractivity contribution is 7.09. The van der Waals surface area contributed by atoms with E-state index in [-0.39, 0.29) is 0 Å². The smallest absolute Gasteiger partial charge is 0.145 e. The number of thiazole rings is 1. The minimum Gasteiger partial charge on any atom is -0.497 e. The Morgan fingerprint density at radius 3 is 2.56 bits per heavy atom. The second-order valence-electron chi connectivity index (χ2n) is 7.48. The van der Waals surface area contributed by atoms with Crippen LogP contribution in [0.3, 0.4) is 0 Å². The van der Waals surface area contributed by atoms with Crippen LogP contribution in [0.4, 0.5) is 0 Å². The summed E-state index contributed by atoms with van der Waals surface area (Å²) in [5, 5.41) is 5.28. The van der Waals surface area contributed by atoms with Crippen LogP contribution in [-0.4, -0.2) is 18.7 Å². The van der Waals surface area contributed by atoms with Crippen molar-refractivity contribution < 1.29 is 14.2 Å². The molecule has 5 heteroatoms. The Bertz CT molecular complexity index is 1190. The summed E-state index contributed by atoms with van der Waals surface area (Å²) in [6.45, 7) is 6.79. The molecule has 0 aliphatic carbocycles. The summed E-state index contributed by atoms with van der Waals surface area (Å²) in [6.07, 6.45) is 4.28. The third kappa shape index (κ3) is 4.54. The molecule has 0 fully saturated rings. The van der Waals surface area contributed by atoms with Gasteiger partial charge >= 0.3 is 0 Å². The molecule has 0 radical (unpaired) electrons. The van der Waals surface area contributed by atoms with E-state index in [9.17, 15) is 0 Å². The van der Waals surface area contributed by atoms with E-state index < -0.39 is 5.60 Å². The molecule has 1 heterocycles. The minimum absolute atomic E-state index is 0.415. The summed E-state index contributed by atoms with van der Waals surface area (Å²) in [5.74, 6) is 1.44. The molecule has 0 N–H and O–H groups in total. The third-order valence-electron chi connectivity index (χ3n) is 5.52. The topological polar surface area (TPSA) is 40.6 Å². The average Bonchev–Trinajstić information content (AvgIpc) is 3.39. The van der Waals surface area contributed by atoms with Gasteiger partial charge in [0.15, 0.2) is 0 Å². The Morgan fingerprint density at radius 1 is 1.03 bits per heavy atom. The molecule has 1 unspecified atom stereocenters. The number of hydrogen-bond donors (Lipinski definition) is 0. The monoisotopic (exact) mass is 445 g/mol. The number of rotatable bonds is 10. The first-order chi connectivity index (χ1) is 15.7. The largest absolute Gasteiger partial charge is 0.497 e. The molecule has 32 heavy (non-hydrogen) atoms. The van der Waals surface area contributed by atoms with Crippen LogP contribution in [0, 0.1) is 0 Å². The third-order valence-corrected chi connectivity index (χ3v) is 6.44. The fourth-order valence-electron chi connectivity index (χ4n) is 3.85. The van der Waals surface area contributed by atoms with Gasteiger partial charge in [0.2, 0.25) is 0 Å². The van der Waals surface area contributed by atoms with Crippen LogP contribution in [0.2, 0.25) is 0 Å². The van der Waals surface area contributed by atoms with Crippen molar-refractivity contribution in [2.75, 3.05) is 13.7 Å². The zero-order chi connectivity index (χ0) is 22.4. The lowest BCUT2D eigenvalue weighted by molar-refractivity contribution is -0.00527. The number of hydrogen-bond acceptors (Lipinski definition) is 5. The van der Waals surface area contributed by atoms with E-state index in [1.54, 1.807) is 30.7 Å². The number of fused-ring (bicyclic) bond motifs is 1. The number of aromatic nitrogens is 1. The Kier molecular flexibility index (Phi) is 6.88. The van der Waals surface area contributed by atoms with Crippen molar-refractivity contribution in [2.24, 2.45) is 0 Å². The summed E-state index contributed by atoms with van der Waals surface area (Å²) in [4.78, 5) is 4.57. The number of benzene rings is 3. The molecule has 0 bridgehead atoms. The summed E-state index contributed by atoms with van der Waals surface area (Å²) in [7, 11) is 1.66. The molecule has 0 saturated heterocycles. The Labute approximate surface area is 193 Å². The molecular formula is C27H27NO3S.